The van der Waals surface area contributed by atoms with Gasteiger partial charge in [0, 0.05) is 25.5 Å². The van der Waals surface area contributed by atoms with Crippen LogP contribution >= 0.6 is 0 Å². The minimum absolute atomic E-state index is 0.0236. The number of rotatable bonds is 3. The minimum atomic E-state index is -0.840. The second-order valence-electron chi connectivity index (χ2n) is 4.00. The van der Waals surface area contributed by atoms with Crippen LogP contribution in [0.15, 0.2) is 12.4 Å². The van der Waals surface area contributed by atoms with Gasteiger partial charge in [-0.05, 0) is 6.92 Å². The van der Waals surface area contributed by atoms with Crippen molar-refractivity contribution in [2.45, 2.75) is 19.4 Å². The fourth-order valence-corrected chi connectivity index (χ4v) is 1.94. The number of aromatic nitrogens is 2. The molecule has 1 fully saturated rings. The summed E-state index contributed by atoms with van der Waals surface area (Å²) in [7, 11) is 0. The van der Waals surface area contributed by atoms with Gasteiger partial charge in [-0.15, -0.1) is 0 Å². The summed E-state index contributed by atoms with van der Waals surface area (Å²) in [4.78, 5) is 21.1. The average molecular weight is 237 g/mol. The molecule has 0 spiro atoms. The van der Waals surface area contributed by atoms with Gasteiger partial charge in [0.15, 0.2) is 0 Å². The lowest BCUT2D eigenvalue weighted by Gasteiger charge is -2.33. The third kappa shape index (κ3) is 2.91. The normalized spacial score (nSPS) is 20.3. The number of carboxylic acids is 1. The largest absolute Gasteiger partial charge is 0.481 e. The van der Waals surface area contributed by atoms with Crippen LogP contribution in [0.25, 0.3) is 0 Å². The number of hydrogen-bond donors (Lipinski definition) is 1. The Balaban J connectivity index is 2.07. The van der Waals surface area contributed by atoms with E-state index in [2.05, 4.69) is 9.97 Å². The molecule has 92 valence electrons. The molecule has 1 aromatic heterocycles. The van der Waals surface area contributed by atoms with Gasteiger partial charge in [-0.2, -0.15) is 0 Å². The molecule has 0 amide bonds. The topological polar surface area (TPSA) is 75.5 Å². The van der Waals surface area contributed by atoms with E-state index in [4.69, 9.17) is 9.84 Å². The van der Waals surface area contributed by atoms with E-state index in [9.17, 15) is 4.79 Å². The number of anilines is 1. The molecule has 1 N–H and O–H groups in total. The van der Waals surface area contributed by atoms with Crippen molar-refractivity contribution in [1.82, 2.24) is 9.97 Å². The van der Waals surface area contributed by atoms with Crippen LogP contribution in [0.3, 0.4) is 0 Å². The average Bonchev–Trinajstić information content (AvgIpc) is 2.29. The second kappa shape index (κ2) is 5.09. The molecule has 1 unspecified atom stereocenters. The van der Waals surface area contributed by atoms with Crippen LogP contribution in [0.4, 0.5) is 5.82 Å². The van der Waals surface area contributed by atoms with Crippen LogP contribution in [0, 0.1) is 6.92 Å². The molecule has 2 rings (SSSR count). The lowest BCUT2D eigenvalue weighted by Crippen LogP contribution is -2.44. The van der Waals surface area contributed by atoms with Crippen LogP contribution in [0.2, 0.25) is 0 Å². The van der Waals surface area contributed by atoms with Gasteiger partial charge in [-0.25, -0.2) is 4.98 Å². The number of morpholine rings is 1. The van der Waals surface area contributed by atoms with E-state index >= 15 is 0 Å². The van der Waals surface area contributed by atoms with Crippen molar-refractivity contribution in [3.63, 3.8) is 0 Å². The molecular formula is C11H15N3O3. The van der Waals surface area contributed by atoms with Gasteiger partial charge < -0.3 is 14.7 Å². The van der Waals surface area contributed by atoms with E-state index in [1.165, 1.54) is 0 Å². The SMILES string of the molecule is Cc1nccnc1N1CCOC(CC(=O)O)C1. The first kappa shape index (κ1) is 11.8. The molecule has 0 saturated carbocycles. The number of aliphatic carboxylic acids is 1. The van der Waals surface area contributed by atoms with Crippen molar-refractivity contribution in [1.29, 1.82) is 0 Å². The summed E-state index contributed by atoms with van der Waals surface area (Å²) < 4.78 is 5.41. The van der Waals surface area contributed by atoms with E-state index in [1.54, 1.807) is 12.4 Å². The molecule has 0 radical (unpaired) electrons. The van der Waals surface area contributed by atoms with Gasteiger partial charge in [0.25, 0.3) is 0 Å². The van der Waals surface area contributed by atoms with Crippen molar-refractivity contribution in [3.8, 4) is 0 Å². The number of aryl methyl sites for hydroxylation is 1. The third-order valence-corrected chi connectivity index (χ3v) is 2.70. The quantitative estimate of drug-likeness (QED) is 0.823. The highest BCUT2D eigenvalue weighted by Gasteiger charge is 2.24. The van der Waals surface area contributed by atoms with Gasteiger partial charge in [-0.1, -0.05) is 0 Å². The molecule has 6 heteroatoms. The fourth-order valence-electron chi connectivity index (χ4n) is 1.94. The van der Waals surface area contributed by atoms with E-state index in [0.29, 0.717) is 13.2 Å². The Morgan fingerprint density at radius 3 is 3.06 bits per heavy atom. The third-order valence-electron chi connectivity index (χ3n) is 2.70. The summed E-state index contributed by atoms with van der Waals surface area (Å²) in [6.45, 7) is 3.68. The number of carbonyl (C=O) groups is 1. The van der Waals surface area contributed by atoms with E-state index in [1.807, 2.05) is 11.8 Å². The molecule has 1 aliphatic heterocycles. The van der Waals surface area contributed by atoms with Crippen LogP contribution in [0.1, 0.15) is 12.1 Å². The van der Waals surface area contributed by atoms with Gasteiger partial charge in [-0.3, -0.25) is 9.78 Å². The number of nitrogens with zero attached hydrogens (tertiary/aromatic N) is 3. The smallest absolute Gasteiger partial charge is 0.306 e. The second-order valence-corrected chi connectivity index (χ2v) is 4.00. The first-order valence-electron chi connectivity index (χ1n) is 5.53. The Morgan fingerprint density at radius 1 is 1.59 bits per heavy atom. The zero-order valence-electron chi connectivity index (χ0n) is 9.67. The lowest BCUT2D eigenvalue weighted by molar-refractivity contribution is -0.140. The predicted molar refractivity (Wildman–Crippen MR) is 61.0 cm³/mol. The van der Waals surface area contributed by atoms with E-state index in [0.717, 1.165) is 18.1 Å². The summed E-state index contributed by atoms with van der Waals surface area (Å²) in [5.41, 5.74) is 0.850. The Hall–Kier alpha value is -1.69. The number of hydrogen-bond acceptors (Lipinski definition) is 5. The molecular weight excluding hydrogens is 222 g/mol. The highest BCUT2D eigenvalue weighted by molar-refractivity contribution is 5.67. The molecule has 1 saturated heterocycles. The molecule has 1 aliphatic rings. The number of carboxylic acid groups (broad SMARTS) is 1. The van der Waals surface area contributed by atoms with Crippen LogP contribution in [0.5, 0.6) is 0 Å². The van der Waals surface area contributed by atoms with Crippen molar-refractivity contribution < 1.29 is 14.6 Å². The standard InChI is InChI=1S/C11H15N3O3/c1-8-11(13-3-2-12-8)14-4-5-17-9(7-14)6-10(15)16/h2-3,9H,4-7H2,1H3,(H,15,16). The van der Waals surface area contributed by atoms with E-state index < -0.39 is 5.97 Å². The van der Waals surface area contributed by atoms with Gasteiger partial charge in [0.2, 0.25) is 0 Å². The molecule has 1 atom stereocenters. The maximum absolute atomic E-state index is 10.7. The monoisotopic (exact) mass is 237 g/mol. The number of ether oxygens (including phenoxy) is 1. The molecule has 6 nitrogen and oxygen atoms in total. The fraction of sp³-hybridized carbons (Fsp3) is 0.545. The first-order valence-corrected chi connectivity index (χ1v) is 5.53. The molecule has 17 heavy (non-hydrogen) atoms. The summed E-state index contributed by atoms with van der Waals surface area (Å²) >= 11 is 0. The van der Waals surface area contributed by atoms with Crippen LogP contribution in [-0.2, 0) is 9.53 Å². The van der Waals surface area contributed by atoms with Gasteiger partial charge >= 0.3 is 5.97 Å². The summed E-state index contributed by atoms with van der Waals surface area (Å²) in [5, 5.41) is 8.75. The van der Waals surface area contributed by atoms with Gasteiger partial charge in [0.1, 0.15) is 5.82 Å². The summed E-state index contributed by atoms with van der Waals surface area (Å²) in [5.74, 6) is -0.0288. The highest BCUT2D eigenvalue weighted by atomic mass is 16.5. The van der Waals surface area contributed by atoms with Crippen molar-refractivity contribution >= 4 is 11.8 Å². The highest BCUT2D eigenvalue weighted by Crippen LogP contribution is 2.18. The summed E-state index contributed by atoms with van der Waals surface area (Å²) in [6.07, 6.45) is 3.04. The van der Waals surface area contributed by atoms with Crippen molar-refractivity contribution in [2.75, 3.05) is 24.6 Å². The lowest BCUT2D eigenvalue weighted by atomic mass is 10.2. The maximum atomic E-state index is 10.7. The zero-order valence-corrected chi connectivity index (χ0v) is 9.67. The molecule has 2 heterocycles. The first-order chi connectivity index (χ1) is 8.16. The van der Waals surface area contributed by atoms with Crippen molar-refractivity contribution in [2.24, 2.45) is 0 Å². The Kier molecular flexibility index (Phi) is 3.53. The van der Waals surface area contributed by atoms with Gasteiger partial charge in [0.05, 0.1) is 24.8 Å². The van der Waals surface area contributed by atoms with E-state index in [-0.39, 0.29) is 12.5 Å². The molecule has 1 aromatic rings. The minimum Gasteiger partial charge on any atom is -0.481 e. The summed E-state index contributed by atoms with van der Waals surface area (Å²) in [6, 6.07) is 0. The maximum Gasteiger partial charge on any atom is 0.306 e. The Bertz CT molecular complexity index is 411. The van der Waals surface area contributed by atoms with Crippen LogP contribution < -0.4 is 4.90 Å². The molecule has 0 aromatic carbocycles. The zero-order chi connectivity index (χ0) is 12.3. The Labute approximate surface area is 99.2 Å². The molecule has 0 bridgehead atoms. The molecule has 0 aliphatic carbocycles. The Morgan fingerprint density at radius 2 is 2.35 bits per heavy atom. The predicted octanol–water partition coefficient (Wildman–Crippen LogP) is 0.465. The van der Waals surface area contributed by atoms with Crippen molar-refractivity contribution in [3.05, 3.63) is 18.1 Å². The van der Waals surface area contributed by atoms with Crippen LogP contribution in [-0.4, -0.2) is 46.8 Å².